The van der Waals surface area contributed by atoms with Crippen molar-refractivity contribution >= 4 is 17.6 Å². The number of carbonyl (C=O) groups is 2. The second-order valence-electron chi connectivity index (χ2n) is 5.23. The standard InChI is InChI=1S/C16H18N2O5/c1-23-15(19)6-5-13-8-10-17(16(13)20)9-7-12-3-2-4-14(11-12)18(21)22/h2-4,8,11H,5-7,9-10H2,1H3. The minimum atomic E-state index is -0.434. The fourth-order valence-electron chi connectivity index (χ4n) is 2.42. The Labute approximate surface area is 133 Å². The van der Waals surface area contributed by atoms with Gasteiger partial charge in [0.2, 0.25) is 5.91 Å². The van der Waals surface area contributed by atoms with Gasteiger partial charge in [0.05, 0.1) is 12.0 Å². The predicted molar refractivity (Wildman–Crippen MR) is 82.7 cm³/mol. The Morgan fingerprint density at radius 1 is 1.39 bits per heavy atom. The Hall–Kier alpha value is -2.70. The summed E-state index contributed by atoms with van der Waals surface area (Å²) in [6, 6.07) is 6.40. The molecule has 1 aliphatic rings. The molecule has 23 heavy (non-hydrogen) atoms. The zero-order chi connectivity index (χ0) is 16.8. The second-order valence-corrected chi connectivity index (χ2v) is 5.23. The first-order valence-corrected chi connectivity index (χ1v) is 7.29. The van der Waals surface area contributed by atoms with E-state index in [1.54, 1.807) is 17.0 Å². The van der Waals surface area contributed by atoms with Crippen molar-refractivity contribution in [3.63, 3.8) is 0 Å². The predicted octanol–water partition coefficient (Wildman–Crippen LogP) is 1.86. The van der Waals surface area contributed by atoms with Crippen molar-refractivity contribution in [1.82, 2.24) is 4.90 Å². The Balaban J connectivity index is 1.86. The van der Waals surface area contributed by atoms with Crippen molar-refractivity contribution in [2.75, 3.05) is 20.2 Å². The van der Waals surface area contributed by atoms with Gasteiger partial charge in [-0.15, -0.1) is 0 Å². The van der Waals surface area contributed by atoms with E-state index in [9.17, 15) is 19.7 Å². The third-order valence-corrected chi connectivity index (χ3v) is 3.74. The maximum atomic E-state index is 12.2. The van der Waals surface area contributed by atoms with Gasteiger partial charge in [0.15, 0.2) is 0 Å². The molecule has 0 saturated heterocycles. The van der Waals surface area contributed by atoms with Gasteiger partial charge in [0.1, 0.15) is 0 Å². The summed E-state index contributed by atoms with van der Waals surface area (Å²) >= 11 is 0. The first-order valence-electron chi connectivity index (χ1n) is 7.29. The van der Waals surface area contributed by atoms with Crippen LogP contribution in [0.3, 0.4) is 0 Å². The van der Waals surface area contributed by atoms with E-state index < -0.39 is 4.92 Å². The maximum Gasteiger partial charge on any atom is 0.305 e. The van der Waals surface area contributed by atoms with E-state index in [4.69, 9.17) is 0 Å². The molecule has 0 unspecified atom stereocenters. The molecule has 0 aliphatic carbocycles. The number of carbonyl (C=O) groups excluding carboxylic acids is 2. The third kappa shape index (κ3) is 4.38. The first kappa shape index (κ1) is 16.7. The first-order chi connectivity index (χ1) is 11.0. The molecule has 0 N–H and O–H groups in total. The van der Waals surface area contributed by atoms with Crippen LogP contribution in [0.4, 0.5) is 5.69 Å². The number of nitrogens with zero attached hydrogens (tertiary/aromatic N) is 2. The van der Waals surface area contributed by atoms with Crippen LogP contribution < -0.4 is 0 Å². The van der Waals surface area contributed by atoms with Crippen LogP contribution in [-0.4, -0.2) is 41.9 Å². The number of amides is 1. The average molecular weight is 318 g/mol. The fraction of sp³-hybridized carbons (Fsp3) is 0.375. The molecule has 1 amide bonds. The number of hydrogen-bond acceptors (Lipinski definition) is 5. The van der Waals surface area contributed by atoms with Crippen molar-refractivity contribution in [3.8, 4) is 0 Å². The van der Waals surface area contributed by atoms with Gasteiger partial charge in [0.25, 0.3) is 5.69 Å². The van der Waals surface area contributed by atoms with Crippen LogP contribution in [0.15, 0.2) is 35.9 Å². The molecule has 1 aromatic rings. The van der Waals surface area contributed by atoms with E-state index in [-0.39, 0.29) is 24.0 Å². The Kier molecular flexibility index (Phi) is 5.46. The quantitative estimate of drug-likeness (QED) is 0.435. The van der Waals surface area contributed by atoms with Crippen molar-refractivity contribution in [1.29, 1.82) is 0 Å². The van der Waals surface area contributed by atoms with Gasteiger partial charge in [-0.25, -0.2) is 0 Å². The van der Waals surface area contributed by atoms with E-state index in [1.807, 2.05) is 6.08 Å². The Morgan fingerprint density at radius 3 is 2.87 bits per heavy atom. The van der Waals surface area contributed by atoms with E-state index in [2.05, 4.69) is 4.74 Å². The van der Waals surface area contributed by atoms with Crippen molar-refractivity contribution in [2.24, 2.45) is 0 Å². The zero-order valence-corrected chi connectivity index (χ0v) is 12.9. The lowest BCUT2D eigenvalue weighted by atomic mass is 10.1. The van der Waals surface area contributed by atoms with E-state index in [0.717, 1.165) is 5.56 Å². The summed E-state index contributed by atoms with van der Waals surface area (Å²) in [7, 11) is 1.32. The molecule has 1 aliphatic heterocycles. The van der Waals surface area contributed by atoms with Crippen LogP contribution in [-0.2, 0) is 20.7 Å². The van der Waals surface area contributed by atoms with Crippen LogP contribution in [0.5, 0.6) is 0 Å². The van der Waals surface area contributed by atoms with Gasteiger partial charge in [-0.2, -0.15) is 0 Å². The van der Waals surface area contributed by atoms with Crippen molar-refractivity contribution in [3.05, 3.63) is 51.6 Å². The van der Waals surface area contributed by atoms with Crippen LogP contribution in [0.25, 0.3) is 0 Å². The molecule has 1 heterocycles. The molecule has 0 aromatic heterocycles. The normalized spacial score (nSPS) is 13.9. The van der Waals surface area contributed by atoms with Crippen LogP contribution in [0.1, 0.15) is 18.4 Å². The molecule has 0 fully saturated rings. The number of nitro groups is 1. The molecule has 7 heteroatoms. The highest BCUT2D eigenvalue weighted by Crippen LogP contribution is 2.18. The number of ether oxygens (including phenoxy) is 1. The summed E-state index contributed by atoms with van der Waals surface area (Å²) in [6.45, 7) is 0.989. The van der Waals surface area contributed by atoms with Gasteiger partial charge in [-0.1, -0.05) is 18.2 Å². The number of rotatable bonds is 7. The van der Waals surface area contributed by atoms with E-state index in [1.165, 1.54) is 19.2 Å². The molecule has 122 valence electrons. The SMILES string of the molecule is COC(=O)CCC1=CCN(CCc2cccc([N+](=O)[O-])c2)C1=O. The maximum absolute atomic E-state index is 12.2. The smallest absolute Gasteiger partial charge is 0.305 e. The molecule has 0 bridgehead atoms. The molecular weight excluding hydrogens is 300 g/mol. The number of methoxy groups -OCH3 is 1. The number of hydrogen-bond donors (Lipinski definition) is 0. The van der Waals surface area contributed by atoms with Gasteiger partial charge in [0, 0.05) is 37.2 Å². The van der Waals surface area contributed by atoms with Gasteiger partial charge in [-0.3, -0.25) is 19.7 Å². The summed E-state index contributed by atoms with van der Waals surface area (Å²) in [4.78, 5) is 35.3. The largest absolute Gasteiger partial charge is 0.469 e. The average Bonchev–Trinajstić information content (AvgIpc) is 2.91. The van der Waals surface area contributed by atoms with Crippen LogP contribution >= 0.6 is 0 Å². The van der Waals surface area contributed by atoms with Crippen LogP contribution in [0, 0.1) is 10.1 Å². The number of esters is 1. The molecular formula is C16H18N2O5. The van der Waals surface area contributed by atoms with E-state index >= 15 is 0 Å². The zero-order valence-electron chi connectivity index (χ0n) is 12.9. The fourth-order valence-corrected chi connectivity index (χ4v) is 2.42. The van der Waals surface area contributed by atoms with Gasteiger partial charge in [-0.05, 0) is 18.4 Å². The molecule has 2 rings (SSSR count). The summed E-state index contributed by atoms with van der Waals surface area (Å²) in [6.07, 6.45) is 2.93. The second kappa shape index (κ2) is 7.53. The molecule has 0 saturated carbocycles. The number of benzene rings is 1. The lowest BCUT2D eigenvalue weighted by Gasteiger charge is -2.16. The minimum Gasteiger partial charge on any atom is -0.469 e. The van der Waals surface area contributed by atoms with Gasteiger partial charge < -0.3 is 9.64 Å². The summed E-state index contributed by atoms with van der Waals surface area (Å²) < 4.78 is 4.56. The summed E-state index contributed by atoms with van der Waals surface area (Å²) in [5.41, 5.74) is 1.48. The number of non-ortho nitro benzene ring substituents is 1. The highest BCUT2D eigenvalue weighted by atomic mass is 16.6. The highest BCUT2D eigenvalue weighted by Gasteiger charge is 2.23. The molecule has 1 aromatic carbocycles. The van der Waals surface area contributed by atoms with E-state index in [0.29, 0.717) is 31.5 Å². The molecule has 7 nitrogen and oxygen atoms in total. The summed E-state index contributed by atoms with van der Waals surface area (Å²) in [5.74, 6) is -0.423. The van der Waals surface area contributed by atoms with Crippen LogP contribution in [0.2, 0.25) is 0 Å². The number of nitro benzene ring substituents is 1. The minimum absolute atomic E-state index is 0.0483. The monoisotopic (exact) mass is 318 g/mol. The highest BCUT2D eigenvalue weighted by molar-refractivity contribution is 5.96. The Bertz CT molecular complexity index is 654. The third-order valence-electron chi connectivity index (χ3n) is 3.74. The van der Waals surface area contributed by atoms with Crippen molar-refractivity contribution in [2.45, 2.75) is 19.3 Å². The lowest BCUT2D eigenvalue weighted by Crippen LogP contribution is -2.29. The van der Waals surface area contributed by atoms with Crippen molar-refractivity contribution < 1.29 is 19.2 Å². The molecule has 0 atom stereocenters. The molecule has 0 spiro atoms. The Morgan fingerprint density at radius 2 is 2.17 bits per heavy atom. The van der Waals surface area contributed by atoms with Gasteiger partial charge >= 0.3 is 5.97 Å². The molecule has 0 radical (unpaired) electrons. The lowest BCUT2D eigenvalue weighted by molar-refractivity contribution is -0.384. The topological polar surface area (TPSA) is 89.8 Å². The summed E-state index contributed by atoms with van der Waals surface area (Å²) in [5, 5.41) is 10.8.